The van der Waals surface area contributed by atoms with Gasteiger partial charge in [-0.05, 0) is 58.7 Å². The predicted octanol–water partition coefficient (Wildman–Crippen LogP) is 6.83. The van der Waals surface area contributed by atoms with Gasteiger partial charge in [0.05, 0.1) is 0 Å². The van der Waals surface area contributed by atoms with Gasteiger partial charge in [0.25, 0.3) is 0 Å². The van der Waals surface area contributed by atoms with Crippen LogP contribution in [0.5, 0.6) is 0 Å². The van der Waals surface area contributed by atoms with Crippen molar-refractivity contribution < 1.29 is 0 Å². The zero-order valence-corrected chi connectivity index (χ0v) is 14.0. The fraction of sp³-hybridized carbons (Fsp3) is 0.0909. The Morgan fingerprint density at radius 2 is 1.52 bits per heavy atom. The number of fused-ring (bicyclic) bond motifs is 3. The van der Waals surface area contributed by atoms with Crippen LogP contribution in [0.25, 0.3) is 43.5 Å². The van der Waals surface area contributed by atoms with Gasteiger partial charge in [0.1, 0.15) is 0 Å². The summed E-state index contributed by atoms with van der Waals surface area (Å²) in [5, 5.41) is 3.76. The highest BCUT2D eigenvalue weighted by Crippen LogP contribution is 2.53. The molecule has 3 aromatic carbocycles. The molecule has 0 N–H and O–H groups in total. The van der Waals surface area contributed by atoms with Crippen LogP contribution in [-0.2, 0) is 0 Å². The van der Waals surface area contributed by atoms with E-state index in [1.807, 2.05) is 11.3 Å². The molecule has 1 aliphatic carbocycles. The minimum Gasteiger partial charge on any atom is -0.143 e. The summed E-state index contributed by atoms with van der Waals surface area (Å²) < 4.78 is 1.39. The van der Waals surface area contributed by atoms with E-state index in [-0.39, 0.29) is 0 Å². The van der Waals surface area contributed by atoms with Gasteiger partial charge in [-0.2, -0.15) is 0 Å². The SMILES string of the molecule is Cc1cccc(-c2cc(C)cc3c2-c2cccc4scc-3c24)c1. The van der Waals surface area contributed by atoms with Crippen LogP contribution in [0.15, 0.2) is 60.0 Å². The van der Waals surface area contributed by atoms with Crippen molar-refractivity contribution in [1.29, 1.82) is 0 Å². The van der Waals surface area contributed by atoms with Crippen molar-refractivity contribution in [3.8, 4) is 33.4 Å². The summed E-state index contributed by atoms with van der Waals surface area (Å²) in [6, 6.07) is 20.2. The van der Waals surface area contributed by atoms with Gasteiger partial charge in [-0.1, -0.05) is 54.1 Å². The van der Waals surface area contributed by atoms with E-state index in [1.54, 1.807) is 0 Å². The van der Waals surface area contributed by atoms with Crippen molar-refractivity contribution in [3.63, 3.8) is 0 Å². The normalized spacial score (nSPS) is 11.9. The van der Waals surface area contributed by atoms with Crippen molar-refractivity contribution in [2.45, 2.75) is 13.8 Å². The van der Waals surface area contributed by atoms with Gasteiger partial charge < -0.3 is 0 Å². The molecule has 0 atom stereocenters. The largest absolute Gasteiger partial charge is 0.143 e. The third-order valence-electron chi connectivity index (χ3n) is 4.77. The van der Waals surface area contributed by atoms with Gasteiger partial charge in [-0.3, -0.25) is 0 Å². The Labute approximate surface area is 140 Å². The molecule has 4 aromatic rings. The van der Waals surface area contributed by atoms with Crippen molar-refractivity contribution in [2.75, 3.05) is 0 Å². The summed E-state index contributed by atoms with van der Waals surface area (Å²) in [6.07, 6.45) is 0. The van der Waals surface area contributed by atoms with Crippen LogP contribution in [0, 0.1) is 13.8 Å². The molecule has 0 bridgehead atoms. The first-order valence-electron chi connectivity index (χ1n) is 7.95. The van der Waals surface area contributed by atoms with Crippen molar-refractivity contribution >= 4 is 21.4 Å². The molecule has 110 valence electrons. The molecule has 0 radical (unpaired) electrons. The molecule has 1 aliphatic rings. The topological polar surface area (TPSA) is 0 Å². The zero-order valence-electron chi connectivity index (χ0n) is 13.2. The average molecular weight is 312 g/mol. The summed E-state index contributed by atoms with van der Waals surface area (Å²) >= 11 is 1.85. The first-order chi connectivity index (χ1) is 11.2. The highest BCUT2D eigenvalue weighted by atomic mass is 32.1. The van der Waals surface area contributed by atoms with E-state index in [0.29, 0.717) is 0 Å². The van der Waals surface area contributed by atoms with E-state index in [0.717, 1.165) is 0 Å². The van der Waals surface area contributed by atoms with E-state index >= 15 is 0 Å². The number of aryl methyl sites for hydroxylation is 2. The van der Waals surface area contributed by atoms with Gasteiger partial charge in [0.15, 0.2) is 0 Å². The second kappa shape index (κ2) is 4.56. The van der Waals surface area contributed by atoms with Gasteiger partial charge in [0, 0.05) is 15.6 Å². The van der Waals surface area contributed by atoms with E-state index < -0.39 is 0 Å². The van der Waals surface area contributed by atoms with Crippen LogP contribution in [0.3, 0.4) is 0 Å². The van der Waals surface area contributed by atoms with Crippen LogP contribution in [0.2, 0.25) is 0 Å². The molecule has 0 aliphatic heterocycles. The number of rotatable bonds is 1. The monoisotopic (exact) mass is 312 g/mol. The standard InChI is InChI=1S/C22H16S/c1-13-5-3-6-15(9-13)17-10-14(2)11-18-19-12-23-20-8-4-7-16(21(17)18)22(19)20/h3-12H,1-2H3. The maximum absolute atomic E-state index is 2.34. The number of hydrogen-bond acceptors (Lipinski definition) is 1. The molecule has 0 fully saturated rings. The second-order valence-corrected chi connectivity index (χ2v) is 7.34. The second-order valence-electron chi connectivity index (χ2n) is 6.43. The molecule has 0 saturated heterocycles. The number of thiophene rings is 1. The Kier molecular flexibility index (Phi) is 2.60. The third kappa shape index (κ3) is 1.77. The molecule has 5 rings (SSSR count). The fourth-order valence-electron chi connectivity index (χ4n) is 3.82. The Balaban J connectivity index is 1.91. The molecule has 1 heteroatoms. The van der Waals surface area contributed by atoms with E-state index in [4.69, 9.17) is 0 Å². The Morgan fingerprint density at radius 3 is 2.39 bits per heavy atom. The molecule has 0 amide bonds. The lowest BCUT2D eigenvalue weighted by Gasteiger charge is -2.13. The van der Waals surface area contributed by atoms with E-state index in [2.05, 4.69) is 73.8 Å². The lowest BCUT2D eigenvalue weighted by Crippen LogP contribution is -1.88. The van der Waals surface area contributed by atoms with Gasteiger partial charge >= 0.3 is 0 Å². The molecule has 0 spiro atoms. The molecule has 1 heterocycles. The van der Waals surface area contributed by atoms with Crippen molar-refractivity contribution in [3.05, 3.63) is 71.1 Å². The molecule has 0 nitrogen and oxygen atoms in total. The minimum atomic E-state index is 1.31. The molecule has 1 aromatic heterocycles. The van der Waals surface area contributed by atoms with Crippen molar-refractivity contribution in [2.24, 2.45) is 0 Å². The summed E-state index contributed by atoms with van der Waals surface area (Å²) in [7, 11) is 0. The number of hydrogen-bond donors (Lipinski definition) is 0. The van der Waals surface area contributed by atoms with Crippen molar-refractivity contribution in [1.82, 2.24) is 0 Å². The first-order valence-corrected chi connectivity index (χ1v) is 8.83. The molecule has 23 heavy (non-hydrogen) atoms. The summed E-state index contributed by atoms with van der Waals surface area (Å²) in [5.74, 6) is 0. The lowest BCUT2D eigenvalue weighted by molar-refractivity contribution is 1.44. The van der Waals surface area contributed by atoms with Gasteiger partial charge in [-0.15, -0.1) is 11.3 Å². The molecular weight excluding hydrogens is 296 g/mol. The first kappa shape index (κ1) is 13.1. The molecular formula is C22H16S. The van der Waals surface area contributed by atoms with Crippen LogP contribution in [-0.4, -0.2) is 0 Å². The van der Waals surface area contributed by atoms with Crippen LogP contribution >= 0.6 is 11.3 Å². The third-order valence-corrected chi connectivity index (χ3v) is 5.72. The lowest BCUT2D eigenvalue weighted by atomic mass is 9.91. The maximum atomic E-state index is 2.34. The maximum Gasteiger partial charge on any atom is 0.0355 e. The quantitative estimate of drug-likeness (QED) is 0.318. The van der Waals surface area contributed by atoms with Crippen LogP contribution < -0.4 is 0 Å². The van der Waals surface area contributed by atoms with E-state index in [1.165, 1.54) is 54.6 Å². The van der Waals surface area contributed by atoms with Gasteiger partial charge in [0.2, 0.25) is 0 Å². The molecule has 0 unspecified atom stereocenters. The summed E-state index contributed by atoms with van der Waals surface area (Å²) in [6.45, 7) is 4.36. The van der Waals surface area contributed by atoms with Gasteiger partial charge in [-0.25, -0.2) is 0 Å². The minimum absolute atomic E-state index is 1.31. The predicted molar refractivity (Wildman–Crippen MR) is 101 cm³/mol. The molecule has 0 saturated carbocycles. The van der Waals surface area contributed by atoms with Crippen LogP contribution in [0.4, 0.5) is 0 Å². The Morgan fingerprint density at radius 1 is 0.696 bits per heavy atom. The smallest absolute Gasteiger partial charge is 0.0355 e. The summed E-state index contributed by atoms with van der Waals surface area (Å²) in [5.41, 5.74) is 10.9. The van der Waals surface area contributed by atoms with E-state index in [9.17, 15) is 0 Å². The Bertz CT molecular complexity index is 1080. The summed E-state index contributed by atoms with van der Waals surface area (Å²) in [4.78, 5) is 0. The Hall–Kier alpha value is -2.38. The zero-order chi connectivity index (χ0) is 15.6. The highest BCUT2D eigenvalue weighted by Gasteiger charge is 2.25. The number of benzene rings is 3. The highest BCUT2D eigenvalue weighted by molar-refractivity contribution is 7.18. The average Bonchev–Trinajstić information content (AvgIpc) is 3.11. The fourth-order valence-corrected chi connectivity index (χ4v) is 4.81. The van der Waals surface area contributed by atoms with Crippen LogP contribution in [0.1, 0.15) is 11.1 Å².